The Morgan fingerprint density at radius 1 is 0.903 bits per heavy atom. The number of benzene rings is 2. The van der Waals surface area contributed by atoms with Crippen LogP contribution in [0, 0.1) is 5.82 Å². The molecular weight excluding hydrogens is 395 g/mol. The van der Waals surface area contributed by atoms with Gasteiger partial charge in [-0.15, -0.1) is 0 Å². The van der Waals surface area contributed by atoms with Crippen molar-refractivity contribution in [2.45, 2.75) is 0 Å². The molecule has 1 amide bonds. The summed E-state index contributed by atoms with van der Waals surface area (Å²) in [5, 5.41) is 8.75. The fraction of sp³-hybridized carbons (Fsp3) is 0. The lowest BCUT2D eigenvalue weighted by atomic mass is 10.0. The summed E-state index contributed by atoms with van der Waals surface area (Å²) in [4.78, 5) is 21.2. The van der Waals surface area contributed by atoms with E-state index in [9.17, 15) is 9.18 Å². The van der Waals surface area contributed by atoms with Crippen molar-refractivity contribution in [3.8, 4) is 22.4 Å². The highest BCUT2D eigenvalue weighted by Gasteiger charge is 2.22. The van der Waals surface area contributed by atoms with Crippen molar-refractivity contribution in [2.24, 2.45) is 0 Å². The van der Waals surface area contributed by atoms with Crippen molar-refractivity contribution >= 4 is 22.6 Å². The number of carbonyl (C=O) groups is 1. The molecule has 31 heavy (non-hydrogen) atoms. The maximum Gasteiger partial charge on any atom is 0.276 e. The molecule has 7 heteroatoms. The lowest BCUT2D eigenvalue weighted by Crippen LogP contribution is -2.13. The number of nitrogens with one attached hydrogen (secondary N) is 1. The van der Waals surface area contributed by atoms with Gasteiger partial charge in [0.05, 0.1) is 5.56 Å². The fourth-order valence-electron chi connectivity index (χ4n) is 3.34. The average Bonchev–Trinajstić information content (AvgIpc) is 3.23. The van der Waals surface area contributed by atoms with Crippen LogP contribution in [0.1, 0.15) is 10.5 Å². The number of amides is 1. The zero-order chi connectivity index (χ0) is 21.2. The minimum absolute atomic E-state index is 0.172. The number of rotatable bonds is 4. The predicted molar refractivity (Wildman–Crippen MR) is 115 cm³/mol. The second-order valence-electron chi connectivity index (χ2n) is 6.85. The molecule has 3 heterocycles. The Morgan fingerprint density at radius 2 is 1.65 bits per heavy atom. The molecule has 0 spiro atoms. The summed E-state index contributed by atoms with van der Waals surface area (Å²) < 4.78 is 18.9. The van der Waals surface area contributed by atoms with Gasteiger partial charge in [-0.2, -0.15) is 0 Å². The molecule has 5 aromatic rings. The largest absolute Gasteiger partial charge is 0.337 e. The maximum absolute atomic E-state index is 13.4. The lowest BCUT2D eigenvalue weighted by molar-refractivity contribution is 0.101. The van der Waals surface area contributed by atoms with Gasteiger partial charge in [0.25, 0.3) is 5.91 Å². The summed E-state index contributed by atoms with van der Waals surface area (Å²) in [7, 11) is 0. The van der Waals surface area contributed by atoms with Crippen LogP contribution in [-0.4, -0.2) is 21.0 Å². The van der Waals surface area contributed by atoms with Crippen molar-refractivity contribution in [1.29, 1.82) is 0 Å². The first-order valence-electron chi connectivity index (χ1n) is 9.51. The highest BCUT2D eigenvalue weighted by molar-refractivity contribution is 6.06. The molecule has 0 bridgehead atoms. The second-order valence-corrected chi connectivity index (χ2v) is 6.85. The zero-order valence-electron chi connectivity index (χ0n) is 16.1. The van der Waals surface area contributed by atoms with Crippen molar-refractivity contribution in [1.82, 2.24) is 15.1 Å². The molecule has 0 aliphatic heterocycles. The monoisotopic (exact) mass is 410 g/mol. The molecule has 0 atom stereocenters. The van der Waals surface area contributed by atoms with E-state index in [1.54, 1.807) is 48.9 Å². The van der Waals surface area contributed by atoms with Crippen LogP contribution in [0.3, 0.4) is 0 Å². The van der Waals surface area contributed by atoms with Gasteiger partial charge in [-0.05, 0) is 53.4 Å². The standard InChI is InChI=1S/C24H15FN4O2/c25-19-7-5-16(6-8-19)22-21(15-9-11-26-12-10-15)24(31-29-22)28-23(30)20-13-17-3-1-2-4-18(17)14-27-20/h1-14H,(H,28,30). The van der Waals surface area contributed by atoms with Crippen molar-refractivity contribution in [2.75, 3.05) is 5.32 Å². The van der Waals surface area contributed by atoms with E-state index in [0.717, 1.165) is 16.3 Å². The lowest BCUT2D eigenvalue weighted by Gasteiger charge is -2.07. The minimum Gasteiger partial charge on any atom is -0.337 e. The summed E-state index contributed by atoms with van der Waals surface area (Å²) in [6, 6.07) is 18.8. The van der Waals surface area contributed by atoms with Crippen LogP contribution in [-0.2, 0) is 0 Å². The smallest absolute Gasteiger partial charge is 0.276 e. The fourth-order valence-corrected chi connectivity index (χ4v) is 3.34. The molecule has 0 radical (unpaired) electrons. The number of pyridine rings is 2. The van der Waals surface area contributed by atoms with E-state index in [0.29, 0.717) is 16.8 Å². The number of hydrogen-bond acceptors (Lipinski definition) is 5. The van der Waals surface area contributed by atoms with Crippen molar-refractivity contribution in [3.05, 3.63) is 96.8 Å². The first-order valence-corrected chi connectivity index (χ1v) is 9.51. The Bertz CT molecular complexity index is 1380. The van der Waals surface area contributed by atoms with E-state index in [2.05, 4.69) is 20.4 Å². The Labute approximate surface area is 176 Å². The number of halogens is 1. The molecule has 150 valence electrons. The van der Waals surface area contributed by atoms with Gasteiger partial charge in [0.2, 0.25) is 5.88 Å². The van der Waals surface area contributed by atoms with E-state index >= 15 is 0 Å². The highest BCUT2D eigenvalue weighted by atomic mass is 19.1. The molecule has 1 N–H and O–H groups in total. The number of aromatic nitrogens is 3. The number of hydrogen-bond donors (Lipinski definition) is 1. The number of nitrogens with zero attached hydrogens (tertiary/aromatic N) is 3. The minimum atomic E-state index is -0.428. The van der Waals surface area contributed by atoms with Gasteiger partial charge in [0.1, 0.15) is 17.2 Å². The molecule has 0 aliphatic rings. The maximum atomic E-state index is 13.4. The highest BCUT2D eigenvalue weighted by Crippen LogP contribution is 2.37. The van der Waals surface area contributed by atoms with Gasteiger partial charge in [-0.3, -0.25) is 20.1 Å². The third-order valence-electron chi connectivity index (χ3n) is 4.87. The average molecular weight is 410 g/mol. The van der Waals surface area contributed by atoms with Crippen LogP contribution in [0.25, 0.3) is 33.2 Å². The van der Waals surface area contributed by atoms with E-state index < -0.39 is 5.91 Å². The molecule has 0 saturated carbocycles. The van der Waals surface area contributed by atoms with Gasteiger partial charge in [-0.1, -0.05) is 29.4 Å². The van der Waals surface area contributed by atoms with Crippen LogP contribution in [0.15, 0.2) is 89.8 Å². The number of anilines is 1. The van der Waals surface area contributed by atoms with E-state index in [1.165, 1.54) is 12.1 Å². The summed E-state index contributed by atoms with van der Waals surface area (Å²) >= 11 is 0. The third kappa shape index (κ3) is 3.64. The van der Waals surface area contributed by atoms with Crippen LogP contribution in [0.4, 0.5) is 10.3 Å². The Kier molecular flexibility index (Phi) is 4.68. The van der Waals surface area contributed by atoms with Gasteiger partial charge < -0.3 is 4.52 Å². The number of carbonyl (C=O) groups excluding carboxylic acids is 1. The molecule has 3 aromatic heterocycles. The first-order chi connectivity index (χ1) is 15.2. The zero-order valence-corrected chi connectivity index (χ0v) is 16.1. The van der Waals surface area contributed by atoms with Crippen LogP contribution in [0.2, 0.25) is 0 Å². The Hall–Kier alpha value is -4.39. The van der Waals surface area contributed by atoms with Gasteiger partial charge in [-0.25, -0.2) is 4.39 Å². The summed E-state index contributed by atoms with van der Waals surface area (Å²) in [5.74, 6) is -0.609. The third-order valence-corrected chi connectivity index (χ3v) is 4.87. The van der Waals surface area contributed by atoms with Crippen LogP contribution < -0.4 is 5.32 Å². The normalized spacial score (nSPS) is 10.9. The van der Waals surface area contributed by atoms with E-state index in [1.807, 2.05) is 24.3 Å². The summed E-state index contributed by atoms with van der Waals surface area (Å²) in [6.45, 7) is 0. The first kappa shape index (κ1) is 18.6. The Morgan fingerprint density at radius 3 is 2.42 bits per heavy atom. The van der Waals surface area contributed by atoms with Crippen molar-refractivity contribution < 1.29 is 13.7 Å². The molecule has 0 aliphatic carbocycles. The number of fused-ring (bicyclic) bond motifs is 1. The second kappa shape index (κ2) is 7.79. The van der Waals surface area contributed by atoms with Crippen molar-refractivity contribution in [3.63, 3.8) is 0 Å². The van der Waals surface area contributed by atoms with Gasteiger partial charge >= 0.3 is 0 Å². The molecule has 2 aromatic carbocycles. The molecule has 0 saturated heterocycles. The SMILES string of the molecule is O=C(Nc1onc(-c2ccc(F)cc2)c1-c1ccncc1)c1cc2ccccc2cn1. The van der Waals surface area contributed by atoms with Gasteiger partial charge in [0, 0.05) is 29.5 Å². The van der Waals surface area contributed by atoms with Crippen LogP contribution in [0.5, 0.6) is 0 Å². The molecule has 0 fully saturated rings. The van der Waals surface area contributed by atoms with Gasteiger partial charge in [0.15, 0.2) is 0 Å². The topological polar surface area (TPSA) is 80.9 Å². The molecule has 0 unspecified atom stereocenters. The van der Waals surface area contributed by atoms with Crippen LogP contribution >= 0.6 is 0 Å². The van der Waals surface area contributed by atoms with E-state index in [-0.39, 0.29) is 17.4 Å². The predicted octanol–water partition coefficient (Wildman–Crippen LogP) is 5.34. The van der Waals surface area contributed by atoms with E-state index in [4.69, 9.17) is 4.52 Å². The Balaban J connectivity index is 1.55. The summed E-state index contributed by atoms with van der Waals surface area (Å²) in [6.07, 6.45) is 4.92. The quantitative estimate of drug-likeness (QED) is 0.432. The summed E-state index contributed by atoms with van der Waals surface area (Å²) in [5.41, 5.74) is 2.70. The molecular formula is C24H15FN4O2. The molecule has 6 nitrogen and oxygen atoms in total. The molecule has 5 rings (SSSR count).